The monoisotopic (exact) mass is 156 g/mol. The summed E-state index contributed by atoms with van der Waals surface area (Å²) in [6.45, 7) is 2.62. The molecule has 0 N–H and O–H groups in total. The van der Waals surface area contributed by atoms with Gasteiger partial charge in [0.1, 0.15) is 0 Å². The van der Waals surface area contributed by atoms with Gasteiger partial charge in [-0.25, -0.2) is 0 Å². The summed E-state index contributed by atoms with van der Waals surface area (Å²) in [7, 11) is 0. The number of hydrogen-bond donors (Lipinski definition) is 0. The molecule has 0 saturated carbocycles. The van der Waals surface area contributed by atoms with Crippen molar-refractivity contribution in [3.05, 3.63) is 0 Å². The fraction of sp³-hybridized carbons (Fsp3) is 0.875. The smallest absolute Gasteiger partial charge is 0.0906 e. The van der Waals surface area contributed by atoms with E-state index in [0.29, 0.717) is 18.8 Å². The lowest BCUT2D eigenvalue weighted by atomic mass is 9.97. The van der Waals surface area contributed by atoms with Crippen LogP contribution in [0.2, 0.25) is 0 Å². The third-order valence-corrected chi connectivity index (χ3v) is 2.02. The van der Waals surface area contributed by atoms with Gasteiger partial charge in [-0.2, -0.15) is 5.26 Å². The molecule has 2 nitrogen and oxygen atoms in total. The molecule has 1 saturated heterocycles. The quantitative estimate of drug-likeness (QED) is 0.611. The Morgan fingerprint density at radius 3 is 2.82 bits per heavy atom. The second-order valence-electron chi connectivity index (χ2n) is 3.03. The molecule has 1 aliphatic heterocycles. The van der Waals surface area contributed by atoms with Crippen LogP contribution in [0.3, 0.4) is 0 Å². The van der Waals surface area contributed by atoms with E-state index in [1.165, 1.54) is 0 Å². The summed E-state index contributed by atoms with van der Waals surface area (Å²) in [5, 5.41) is 8.34. The van der Waals surface area contributed by atoms with E-state index in [1.807, 2.05) is 0 Å². The van der Waals surface area contributed by atoms with Crippen LogP contribution in [-0.2, 0) is 0 Å². The molecule has 1 heterocycles. The van der Waals surface area contributed by atoms with E-state index in [-0.39, 0.29) is 6.67 Å². The van der Waals surface area contributed by atoms with Gasteiger partial charge in [-0.3, -0.25) is 4.39 Å². The molecule has 11 heavy (non-hydrogen) atoms. The molecule has 3 heteroatoms. The molecular weight excluding hydrogens is 143 g/mol. The predicted molar refractivity (Wildman–Crippen MR) is 40.8 cm³/mol. The van der Waals surface area contributed by atoms with E-state index in [4.69, 9.17) is 5.26 Å². The highest BCUT2D eigenvalue weighted by atomic mass is 19.1. The van der Waals surface area contributed by atoms with Crippen LogP contribution in [0, 0.1) is 17.2 Å². The summed E-state index contributed by atoms with van der Waals surface area (Å²) in [5.74, 6) is 0.555. The Balaban J connectivity index is 1.97. The number of rotatable bonds is 4. The Morgan fingerprint density at radius 1 is 1.55 bits per heavy atom. The second-order valence-corrected chi connectivity index (χ2v) is 3.03. The van der Waals surface area contributed by atoms with E-state index < -0.39 is 0 Å². The highest BCUT2D eigenvalue weighted by molar-refractivity contribution is 4.86. The van der Waals surface area contributed by atoms with Crippen molar-refractivity contribution < 1.29 is 4.39 Å². The van der Waals surface area contributed by atoms with Crippen LogP contribution in [-0.4, -0.2) is 31.2 Å². The Bertz CT molecular complexity index is 147. The molecule has 0 radical (unpaired) electrons. The first kappa shape index (κ1) is 8.48. The van der Waals surface area contributed by atoms with Crippen molar-refractivity contribution in [1.29, 1.82) is 5.26 Å². The number of hydrogen-bond acceptors (Lipinski definition) is 2. The molecule has 1 aliphatic rings. The third-order valence-electron chi connectivity index (χ3n) is 2.02. The fourth-order valence-electron chi connectivity index (χ4n) is 1.40. The summed E-state index contributed by atoms with van der Waals surface area (Å²) in [5.41, 5.74) is 0. The topological polar surface area (TPSA) is 27.0 Å². The summed E-state index contributed by atoms with van der Waals surface area (Å²) < 4.78 is 11.7. The average Bonchev–Trinajstić information content (AvgIpc) is 1.94. The fourth-order valence-corrected chi connectivity index (χ4v) is 1.40. The summed E-state index contributed by atoms with van der Waals surface area (Å²) in [6.07, 6.45) is 1.30. The van der Waals surface area contributed by atoms with E-state index in [1.54, 1.807) is 0 Å². The highest BCUT2D eigenvalue weighted by Crippen LogP contribution is 2.17. The Labute approximate surface area is 66.6 Å². The van der Waals surface area contributed by atoms with Gasteiger partial charge in [0.25, 0.3) is 0 Å². The maximum atomic E-state index is 11.7. The van der Waals surface area contributed by atoms with Crippen LogP contribution in [0.5, 0.6) is 0 Å². The first-order chi connectivity index (χ1) is 5.36. The van der Waals surface area contributed by atoms with Gasteiger partial charge in [0.15, 0.2) is 0 Å². The first-order valence-corrected chi connectivity index (χ1v) is 4.02. The summed E-state index contributed by atoms with van der Waals surface area (Å²) in [6, 6.07) is 2.15. The Kier molecular flexibility index (Phi) is 3.31. The SMILES string of the molecule is N#CCC1CN(CCCF)C1. The van der Waals surface area contributed by atoms with Gasteiger partial charge >= 0.3 is 0 Å². The van der Waals surface area contributed by atoms with Crippen molar-refractivity contribution in [1.82, 2.24) is 4.90 Å². The minimum Gasteiger partial charge on any atom is -0.303 e. The standard InChI is InChI=1S/C8H13FN2/c9-3-1-5-11-6-8(7-11)2-4-10/h8H,1-3,5-7H2. The van der Waals surface area contributed by atoms with Gasteiger partial charge in [-0.1, -0.05) is 0 Å². The first-order valence-electron chi connectivity index (χ1n) is 4.02. The molecule has 1 fully saturated rings. The van der Waals surface area contributed by atoms with Gasteiger partial charge in [-0.05, 0) is 12.3 Å². The molecule has 0 aromatic carbocycles. The molecule has 0 unspecified atom stereocenters. The molecule has 62 valence electrons. The lowest BCUT2D eigenvalue weighted by Gasteiger charge is -2.37. The Morgan fingerprint density at radius 2 is 2.27 bits per heavy atom. The van der Waals surface area contributed by atoms with Crippen molar-refractivity contribution >= 4 is 0 Å². The van der Waals surface area contributed by atoms with Crippen molar-refractivity contribution in [2.24, 2.45) is 5.92 Å². The molecule has 1 rings (SSSR count). The summed E-state index contributed by atoms with van der Waals surface area (Å²) in [4.78, 5) is 2.20. The third kappa shape index (κ3) is 2.47. The van der Waals surface area contributed by atoms with E-state index in [9.17, 15) is 4.39 Å². The predicted octanol–water partition coefficient (Wildman–Crippen LogP) is 1.19. The minimum atomic E-state index is -0.223. The number of alkyl halides is 1. The van der Waals surface area contributed by atoms with Crippen LogP contribution in [0.4, 0.5) is 4.39 Å². The Hall–Kier alpha value is -0.620. The number of likely N-dealkylation sites (tertiary alicyclic amines) is 1. The minimum absolute atomic E-state index is 0.223. The molecule has 0 aromatic heterocycles. The lowest BCUT2D eigenvalue weighted by Crippen LogP contribution is -2.46. The van der Waals surface area contributed by atoms with Gasteiger partial charge in [0.2, 0.25) is 0 Å². The normalized spacial score (nSPS) is 19.3. The largest absolute Gasteiger partial charge is 0.303 e. The molecule has 0 bridgehead atoms. The zero-order valence-electron chi connectivity index (χ0n) is 6.59. The van der Waals surface area contributed by atoms with E-state index in [0.717, 1.165) is 19.6 Å². The van der Waals surface area contributed by atoms with Crippen LogP contribution in [0.25, 0.3) is 0 Å². The molecule has 0 amide bonds. The van der Waals surface area contributed by atoms with E-state index >= 15 is 0 Å². The maximum absolute atomic E-state index is 11.7. The maximum Gasteiger partial charge on any atom is 0.0906 e. The number of nitrogens with zero attached hydrogens (tertiary/aromatic N) is 2. The van der Waals surface area contributed by atoms with Crippen LogP contribution >= 0.6 is 0 Å². The number of nitriles is 1. The van der Waals surface area contributed by atoms with Crippen LogP contribution < -0.4 is 0 Å². The van der Waals surface area contributed by atoms with Gasteiger partial charge < -0.3 is 4.90 Å². The van der Waals surface area contributed by atoms with Gasteiger partial charge in [-0.15, -0.1) is 0 Å². The molecule has 0 spiro atoms. The molecule has 0 atom stereocenters. The zero-order valence-corrected chi connectivity index (χ0v) is 6.59. The second kappa shape index (κ2) is 4.30. The van der Waals surface area contributed by atoms with Gasteiger partial charge in [0, 0.05) is 26.1 Å². The molecule has 0 aliphatic carbocycles. The van der Waals surface area contributed by atoms with Gasteiger partial charge in [0.05, 0.1) is 12.7 Å². The molecule has 0 aromatic rings. The lowest BCUT2D eigenvalue weighted by molar-refractivity contribution is 0.0996. The highest BCUT2D eigenvalue weighted by Gasteiger charge is 2.25. The molecular formula is C8H13FN2. The van der Waals surface area contributed by atoms with Crippen molar-refractivity contribution in [2.75, 3.05) is 26.3 Å². The van der Waals surface area contributed by atoms with E-state index in [2.05, 4.69) is 11.0 Å². The van der Waals surface area contributed by atoms with Crippen LogP contribution in [0.1, 0.15) is 12.8 Å². The average molecular weight is 156 g/mol. The summed E-state index contributed by atoms with van der Waals surface area (Å²) >= 11 is 0. The van der Waals surface area contributed by atoms with Crippen molar-refractivity contribution in [2.45, 2.75) is 12.8 Å². The van der Waals surface area contributed by atoms with Crippen molar-refractivity contribution in [3.63, 3.8) is 0 Å². The van der Waals surface area contributed by atoms with Crippen LogP contribution in [0.15, 0.2) is 0 Å². The van der Waals surface area contributed by atoms with Crippen molar-refractivity contribution in [3.8, 4) is 6.07 Å². The zero-order chi connectivity index (χ0) is 8.10. The number of halogens is 1.